The minimum atomic E-state index is -3.51. The quantitative estimate of drug-likeness (QED) is 0.223. The van der Waals surface area contributed by atoms with E-state index in [0.29, 0.717) is 37.1 Å². The first kappa shape index (κ1) is 28.1. The van der Waals surface area contributed by atoms with E-state index in [-0.39, 0.29) is 0 Å². The molecule has 2 heterocycles. The number of thiazole rings is 1. The first-order chi connectivity index (χ1) is 19.4. The maximum atomic E-state index is 13.3. The van der Waals surface area contributed by atoms with Crippen molar-refractivity contribution in [3.05, 3.63) is 83.0 Å². The molecule has 0 radical (unpaired) electrons. The zero-order valence-corrected chi connectivity index (χ0v) is 24.7. The zero-order chi connectivity index (χ0) is 28.1. The van der Waals surface area contributed by atoms with Gasteiger partial charge >= 0.3 is 0 Å². The third kappa shape index (κ3) is 6.16. The lowest BCUT2D eigenvalue weighted by molar-refractivity contribution is 0.288. The molecular formula is C31H35N3O4S2. The smallest absolute Gasteiger partial charge is 0.243 e. The SMILES string of the molecule is CCOc1ccc(N=c2scc(-c3ccc(S(=O)(=O)N4CCC(C)CC4)cc3)n2-c2ccc(OCC)cc2)cc1. The molecule has 0 aliphatic carbocycles. The maximum Gasteiger partial charge on any atom is 0.243 e. The van der Waals surface area contributed by atoms with Gasteiger partial charge in [0.1, 0.15) is 11.5 Å². The molecule has 0 N–H and O–H groups in total. The van der Waals surface area contributed by atoms with E-state index < -0.39 is 10.0 Å². The number of sulfonamides is 1. The van der Waals surface area contributed by atoms with Gasteiger partial charge in [-0.15, -0.1) is 11.3 Å². The van der Waals surface area contributed by atoms with Crippen LogP contribution >= 0.6 is 11.3 Å². The molecule has 5 rings (SSSR count). The number of ether oxygens (including phenoxy) is 2. The largest absolute Gasteiger partial charge is 0.494 e. The van der Waals surface area contributed by atoms with Gasteiger partial charge in [-0.05, 0) is 98.8 Å². The van der Waals surface area contributed by atoms with Crippen molar-refractivity contribution in [1.29, 1.82) is 0 Å². The molecule has 0 saturated carbocycles. The molecule has 1 aliphatic rings. The van der Waals surface area contributed by atoms with Gasteiger partial charge in [0, 0.05) is 24.2 Å². The average Bonchev–Trinajstić information content (AvgIpc) is 3.38. The highest BCUT2D eigenvalue weighted by atomic mass is 32.2. The van der Waals surface area contributed by atoms with Gasteiger partial charge in [0.25, 0.3) is 0 Å². The van der Waals surface area contributed by atoms with Crippen molar-refractivity contribution in [2.24, 2.45) is 10.9 Å². The normalized spacial score (nSPS) is 15.3. The first-order valence-electron chi connectivity index (χ1n) is 13.7. The number of nitrogens with zero attached hydrogens (tertiary/aromatic N) is 3. The fraction of sp³-hybridized carbons (Fsp3) is 0.323. The van der Waals surface area contributed by atoms with Crippen LogP contribution in [0.2, 0.25) is 0 Å². The molecule has 1 saturated heterocycles. The lowest BCUT2D eigenvalue weighted by Gasteiger charge is -2.29. The summed E-state index contributed by atoms with van der Waals surface area (Å²) in [5, 5.41) is 2.05. The van der Waals surface area contributed by atoms with E-state index in [0.717, 1.165) is 51.8 Å². The van der Waals surface area contributed by atoms with Gasteiger partial charge in [-0.1, -0.05) is 19.1 Å². The molecule has 0 unspecified atom stereocenters. The van der Waals surface area contributed by atoms with Crippen LogP contribution in [0, 0.1) is 5.92 Å². The standard InChI is InChI=1S/C31H35N3O4S2/c1-4-37-27-12-8-25(9-13-27)32-31-34(26-10-14-28(15-11-26)38-5-2)30(22-39-31)24-6-16-29(17-7-24)40(35,36)33-20-18-23(3)19-21-33/h6-17,22-23H,4-5,18-21H2,1-3H3. The van der Waals surface area contributed by atoms with Gasteiger partial charge < -0.3 is 9.47 Å². The Morgan fingerprint density at radius 2 is 1.43 bits per heavy atom. The molecular weight excluding hydrogens is 542 g/mol. The molecule has 3 aromatic carbocycles. The Morgan fingerprint density at radius 3 is 2.00 bits per heavy atom. The summed E-state index contributed by atoms with van der Waals surface area (Å²) in [5.41, 5.74) is 3.58. The van der Waals surface area contributed by atoms with Gasteiger partial charge in [-0.2, -0.15) is 4.31 Å². The number of rotatable bonds is 9. The molecule has 40 heavy (non-hydrogen) atoms. The van der Waals surface area contributed by atoms with E-state index in [1.54, 1.807) is 16.4 Å². The van der Waals surface area contributed by atoms with Crippen LogP contribution in [0.25, 0.3) is 16.9 Å². The van der Waals surface area contributed by atoms with Crippen molar-refractivity contribution >= 4 is 27.0 Å². The summed E-state index contributed by atoms with van der Waals surface area (Å²) < 4.78 is 41.5. The fourth-order valence-electron chi connectivity index (χ4n) is 4.76. The van der Waals surface area contributed by atoms with Crippen molar-refractivity contribution < 1.29 is 17.9 Å². The first-order valence-corrected chi connectivity index (χ1v) is 16.0. The lowest BCUT2D eigenvalue weighted by Crippen LogP contribution is -2.37. The molecule has 4 aromatic rings. The molecule has 0 atom stereocenters. The number of piperidine rings is 1. The van der Waals surface area contributed by atoms with Gasteiger partial charge in [0.05, 0.1) is 29.5 Å². The summed E-state index contributed by atoms with van der Waals surface area (Å²) >= 11 is 1.53. The summed E-state index contributed by atoms with van der Waals surface area (Å²) in [6.07, 6.45) is 1.80. The van der Waals surface area contributed by atoms with Crippen molar-refractivity contribution in [2.45, 2.75) is 38.5 Å². The van der Waals surface area contributed by atoms with Gasteiger partial charge in [0.2, 0.25) is 10.0 Å². The highest BCUT2D eigenvalue weighted by molar-refractivity contribution is 7.89. The summed E-state index contributed by atoms with van der Waals surface area (Å²) in [6.45, 7) is 8.45. The Morgan fingerprint density at radius 1 is 0.850 bits per heavy atom. The fourth-order valence-corrected chi connectivity index (χ4v) is 7.16. The number of benzene rings is 3. The maximum absolute atomic E-state index is 13.3. The molecule has 1 aliphatic heterocycles. The highest BCUT2D eigenvalue weighted by Crippen LogP contribution is 2.29. The van der Waals surface area contributed by atoms with E-state index in [2.05, 4.69) is 16.9 Å². The Hall–Kier alpha value is -3.40. The number of hydrogen-bond acceptors (Lipinski definition) is 6. The number of aromatic nitrogens is 1. The van der Waals surface area contributed by atoms with Crippen molar-refractivity contribution in [3.8, 4) is 28.4 Å². The summed E-state index contributed by atoms with van der Waals surface area (Å²) in [5.74, 6) is 2.17. The minimum Gasteiger partial charge on any atom is -0.494 e. The van der Waals surface area contributed by atoms with Gasteiger partial charge in [0.15, 0.2) is 4.80 Å². The lowest BCUT2D eigenvalue weighted by atomic mass is 10.0. The van der Waals surface area contributed by atoms with E-state index in [1.165, 1.54) is 11.3 Å². The predicted molar refractivity (Wildman–Crippen MR) is 160 cm³/mol. The van der Waals surface area contributed by atoms with Crippen LogP contribution in [0.5, 0.6) is 11.5 Å². The second kappa shape index (κ2) is 12.4. The van der Waals surface area contributed by atoms with Crippen LogP contribution in [-0.2, 0) is 10.0 Å². The molecule has 1 fully saturated rings. The summed E-state index contributed by atoms with van der Waals surface area (Å²) in [4.78, 5) is 6.06. The van der Waals surface area contributed by atoms with E-state index in [4.69, 9.17) is 14.5 Å². The van der Waals surface area contributed by atoms with Gasteiger partial charge in [-0.3, -0.25) is 4.57 Å². The summed E-state index contributed by atoms with van der Waals surface area (Å²) in [7, 11) is -3.51. The average molecular weight is 578 g/mol. The van der Waals surface area contributed by atoms with Crippen LogP contribution in [0.4, 0.5) is 5.69 Å². The molecule has 9 heteroatoms. The van der Waals surface area contributed by atoms with Crippen LogP contribution in [0.3, 0.4) is 0 Å². The van der Waals surface area contributed by atoms with E-state index in [1.807, 2.05) is 74.5 Å². The Labute approximate surface area is 240 Å². The zero-order valence-electron chi connectivity index (χ0n) is 23.1. The topological polar surface area (TPSA) is 73.1 Å². The Bertz CT molecular complexity index is 1580. The monoisotopic (exact) mass is 577 g/mol. The molecule has 1 aromatic heterocycles. The van der Waals surface area contributed by atoms with Crippen LogP contribution in [0.1, 0.15) is 33.6 Å². The van der Waals surface area contributed by atoms with Crippen LogP contribution < -0.4 is 14.3 Å². The van der Waals surface area contributed by atoms with Crippen molar-refractivity contribution in [1.82, 2.24) is 8.87 Å². The van der Waals surface area contributed by atoms with E-state index >= 15 is 0 Å². The molecule has 210 valence electrons. The van der Waals surface area contributed by atoms with E-state index in [9.17, 15) is 8.42 Å². The highest BCUT2D eigenvalue weighted by Gasteiger charge is 2.28. The van der Waals surface area contributed by atoms with Crippen molar-refractivity contribution in [3.63, 3.8) is 0 Å². The van der Waals surface area contributed by atoms with Crippen molar-refractivity contribution in [2.75, 3.05) is 26.3 Å². The molecule has 0 amide bonds. The second-order valence-electron chi connectivity index (χ2n) is 9.82. The molecule has 0 spiro atoms. The second-order valence-corrected chi connectivity index (χ2v) is 12.6. The van der Waals surface area contributed by atoms with Crippen LogP contribution in [-0.4, -0.2) is 43.6 Å². The van der Waals surface area contributed by atoms with Gasteiger partial charge in [-0.25, -0.2) is 13.4 Å². The summed E-state index contributed by atoms with van der Waals surface area (Å²) in [6, 6.07) is 22.8. The predicted octanol–water partition coefficient (Wildman–Crippen LogP) is 6.66. The minimum absolute atomic E-state index is 0.327. The molecule has 0 bridgehead atoms. The third-order valence-electron chi connectivity index (χ3n) is 7.02. The number of hydrogen-bond donors (Lipinski definition) is 0. The van der Waals surface area contributed by atoms with Crippen LogP contribution in [0.15, 0.2) is 88.1 Å². The third-order valence-corrected chi connectivity index (χ3v) is 9.76. The Balaban J connectivity index is 1.53. The molecule has 7 nitrogen and oxygen atoms in total. The Kier molecular flexibility index (Phi) is 8.73.